The van der Waals surface area contributed by atoms with E-state index in [1.807, 2.05) is 0 Å². The normalized spacial score (nSPS) is 11.8. The molecule has 29 heavy (non-hydrogen) atoms. The molecule has 0 saturated heterocycles. The Kier molecular flexibility index (Phi) is 4.71. The number of carbonyl (C=O) groups excluding carboxylic acids is 1. The third-order valence-electron chi connectivity index (χ3n) is 4.38. The van der Waals surface area contributed by atoms with Crippen LogP contribution >= 0.6 is 11.6 Å². The van der Waals surface area contributed by atoms with Gasteiger partial charge in [-0.05, 0) is 23.8 Å². The van der Waals surface area contributed by atoms with Crippen LogP contribution in [0.1, 0.15) is 15.9 Å². The van der Waals surface area contributed by atoms with E-state index in [2.05, 4.69) is 10.1 Å². The molecule has 0 radical (unpaired) electrons. The third kappa shape index (κ3) is 3.43. The number of ketones is 1. The van der Waals surface area contributed by atoms with Gasteiger partial charge in [-0.1, -0.05) is 29.8 Å². The maximum atomic E-state index is 14.0. The maximum Gasteiger partial charge on any atom is 0.302 e. The first-order valence-electron chi connectivity index (χ1n) is 8.45. The molecule has 2 aromatic carbocycles. The van der Waals surface area contributed by atoms with Crippen LogP contribution in [0.2, 0.25) is 5.02 Å². The highest BCUT2D eigenvalue weighted by molar-refractivity contribution is 7.89. The molecule has 4 aromatic rings. The molecular formula is C19H14ClFN4O3S. The van der Waals surface area contributed by atoms with Gasteiger partial charge in [-0.25, -0.2) is 9.37 Å². The number of hydrogen-bond donors (Lipinski definition) is 0. The molecule has 0 bridgehead atoms. The standard InChI is InChI=1S/C19H14ClFN4O3S/c1-24-10-18(22-11-24)29(27,28)25-16-7-12(5-6-13(16)9-23-25)8-17(26)19-14(20)3-2-4-15(19)21/h2-7,9-11H,8H2,1H3. The molecule has 0 unspecified atom stereocenters. The first-order chi connectivity index (χ1) is 13.8. The number of rotatable bonds is 5. The van der Waals surface area contributed by atoms with Crippen molar-refractivity contribution in [2.45, 2.75) is 11.4 Å². The highest BCUT2D eigenvalue weighted by atomic mass is 35.5. The molecule has 10 heteroatoms. The third-order valence-corrected chi connectivity index (χ3v) is 6.18. The predicted molar refractivity (Wildman–Crippen MR) is 105 cm³/mol. The minimum absolute atomic E-state index is 0.0267. The SMILES string of the molecule is Cn1cnc(S(=O)(=O)n2ncc3ccc(CC(=O)c4c(F)cccc4Cl)cc32)c1. The number of fused-ring (bicyclic) bond motifs is 1. The van der Waals surface area contributed by atoms with E-state index in [9.17, 15) is 17.6 Å². The van der Waals surface area contributed by atoms with Crippen LogP contribution in [-0.2, 0) is 23.5 Å². The lowest BCUT2D eigenvalue weighted by molar-refractivity contribution is 0.0989. The predicted octanol–water partition coefficient (Wildman–Crippen LogP) is 3.22. The van der Waals surface area contributed by atoms with Crippen LogP contribution in [-0.4, -0.2) is 32.9 Å². The van der Waals surface area contributed by atoms with Gasteiger partial charge in [-0.2, -0.15) is 17.6 Å². The van der Waals surface area contributed by atoms with Crippen molar-refractivity contribution in [1.29, 1.82) is 0 Å². The Morgan fingerprint density at radius 3 is 2.72 bits per heavy atom. The zero-order chi connectivity index (χ0) is 20.8. The first-order valence-corrected chi connectivity index (χ1v) is 10.3. The molecule has 0 spiro atoms. The average Bonchev–Trinajstić information content (AvgIpc) is 3.28. The van der Waals surface area contributed by atoms with E-state index in [-0.39, 0.29) is 22.0 Å². The smallest absolute Gasteiger partial charge is 0.302 e. The van der Waals surface area contributed by atoms with Crippen molar-refractivity contribution < 1.29 is 17.6 Å². The summed E-state index contributed by atoms with van der Waals surface area (Å²) >= 11 is 5.96. The Morgan fingerprint density at radius 2 is 2.03 bits per heavy atom. The molecular weight excluding hydrogens is 419 g/mol. The minimum Gasteiger partial charge on any atom is -0.339 e. The van der Waals surface area contributed by atoms with E-state index in [1.54, 1.807) is 19.2 Å². The molecule has 0 atom stereocenters. The van der Waals surface area contributed by atoms with Crippen LogP contribution in [0.5, 0.6) is 0 Å². The van der Waals surface area contributed by atoms with Crippen LogP contribution in [0.3, 0.4) is 0 Å². The van der Waals surface area contributed by atoms with Crippen molar-refractivity contribution in [3.8, 4) is 0 Å². The lowest BCUT2D eigenvalue weighted by atomic mass is 10.0. The lowest BCUT2D eigenvalue weighted by Crippen LogP contribution is -2.15. The molecule has 2 heterocycles. The van der Waals surface area contributed by atoms with E-state index in [4.69, 9.17) is 11.6 Å². The molecule has 0 fully saturated rings. The van der Waals surface area contributed by atoms with Crippen molar-refractivity contribution in [2.75, 3.05) is 0 Å². The van der Waals surface area contributed by atoms with Gasteiger partial charge in [-0.3, -0.25) is 4.79 Å². The number of benzene rings is 2. The highest BCUT2D eigenvalue weighted by Crippen LogP contribution is 2.24. The summed E-state index contributed by atoms with van der Waals surface area (Å²) in [5.41, 5.74) is 0.601. The van der Waals surface area contributed by atoms with Crippen molar-refractivity contribution in [3.05, 3.63) is 77.1 Å². The van der Waals surface area contributed by atoms with Gasteiger partial charge in [0.1, 0.15) is 5.82 Å². The Balaban J connectivity index is 1.73. The minimum atomic E-state index is -4.00. The molecule has 0 saturated carbocycles. The fourth-order valence-electron chi connectivity index (χ4n) is 2.99. The molecule has 0 amide bonds. The maximum absolute atomic E-state index is 14.0. The fourth-order valence-corrected chi connectivity index (χ4v) is 4.50. The number of aryl methyl sites for hydroxylation is 1. The zero-order valence-electron chi connectivity index (χ0n) is 15.1. The van der Waals surface area contributed by atoms with Crippen LogP contribution in [0.15, 0.2) is 60.1 Å². The van der Waals surface area contributed by atoms with Crippen LogP contribution in [0.25, 0.3) is 10.9 Å². The Bertz CT molecular complexity index is 1340. The van der Waals surface area contributed by atoms with Gasteiger partial charge in [0.05, 0.1) is 28.6 Å². The number of Topliss-reactive ketones (excluding diaryl/α,β-unsaturated/α-hetero) is 1. The van der Waals surface area contributed by atoms with Crippen molar-refractivity contribution >= 4 is 38.3 Å². The summed E-state index contributed by atoms with van der Waals surface area (Å²) in [6.45, 7) is 0. The number of imidazole rings is 1. The van der Waals surface area contributed by atoms with Gasteiger partial charge in [0.25, 0.3) is 0 Å². The van der Waals surface area contributed by atoms with E-state index >= 15 is 0 Å². The summed E-state index contributed by atoms with van der Waals surface area (Å²) in [5.74, 6) is -1.21. The van der Waals surface area contributed by atoms with Crippen LogP contribution in [0, 0.1) is 5.82 Å². The first kappa shape index (κ1) is 19.3. The fraction of sp³-hybridized carbons (Fsp3) is 0.105. The second-order valence-electron chi connectivity index (χ2n) is 6.46. The molecule has 2 aromatic heterocycles. The van der Waals surface area contributed by atoms with Gasteiger partial charge >= 0.3 is 10.0 Å². The van der Waals surface area contributed by atoms with E-state index < -0.39 is 21.6 Å². The summed E-state index contributed by atoms with van der Waals surface area (Å²) in [6, 6.07) is 8.87. The number of aromatic nitrogens is 4. The molecule has 148 valence electrons. The molecule has 0 aliphatic rings. The summed E-state index contributed by atoms with van der Waals surface area (Å²) in [4.78, 5) is 16.4. The number of nitrogens with zero attached hydrogens (tertiary/aromatic N) is 4. The van der Waals surface area contributed by atoms with Crippen LogP contribution < -0.4 is 0 Å². The summed E-state index contributed by atoms with van der Waals surface area (Å²) < 4.78 is 42.1. The quantitative estimate of drug-likeness (QED) is 0.452. The largest absolute Gasteiger partial charge is 0.339 e. The molecule has 4 rings (SSSR count). The van der Waals surface area contributed by atoms with Gasteiger partial charge in [0, 0.05) is 25.1 Å². The van der Waals surface area contributed by atoms with Gasteiger partial charge in [0.2, 0.25) is 0 Å². The molecule has 0 aliphatic carbocycles. The summed E-state index contributed by atoms with van der Waals surface area (Å²) in [6.07, 6.45) is 4.01. The average molecular weight is 433 g/mol. The van der Waals surface area contributed by atoms with E-state index in [0.717, 1.165) is 10.2 Å². The van der Waals surface area contributed by atoms with E-state index in [1.165, 1.54) is 41.5 Å². The summed E-state index contributed by atoms with van der Waals surface area (Å²) in [7, 11) is -2.35. The monoisotopic (exact) mass is 432 g/mol. The van der Waals surface area contributed by atoms with Gasteiger partial charge in [-0.15, -0.1) is 0 Å². The van der Waals surface area contributed by atoms with Crippen molar-refractivity contribution in [3.63, 3.8) is 0 Å². The number of carbonyl (C=O) groups is 1. The Morgan fingerprint density at radius 1 is 1.24 bits per heavy atom. The highest BCUT2D eigenvalue weighted by Gasteiger charge is 2.23. The van der Waals surface area contributed by atoms with Crippen LogP contribution in [0.4, 0.5) is 4.39 Å². The van der Waals surface area contributed by atoms with Gasteiger partial charge in [0.15, 0.2) is 10.8 Å². The Labute approximate surface area is 170 Å². The molecule has 0 aliphatic heterocycles. The second kappa shape index (κ2) is 7.09. The van der Waals surface area contributed by atoms with Crippen molar-refractivity contribution in [1.82, 2.24) is 18.7 Å². The lowest BCUT2D eigenvalue weighted by Gasteiger charge is -2.07. The zero-order valence-corrected chi connectivity index (χ0v) is 16.7. The molecule has 7 nitrogen and oxygen atoms in total. The van der Waals surface area contributed by atoms with E-state index in [0.29, 0.717) is 16.5 Å². The Hall–Kier alpha value is -3.04. The summed E-state index contributed by atoms with van der Waals surface area (Å²) in [5, 5.41) is 4.42. The van der Waals surface area contributed by atoms with Gasteiger partial charge < -0.3 is 4.57 Å². The topological polar surface area (TPSA) is 86.8 Å². The number of hydrogen-bond acceptors (Lipinski definition) is 5. The van der Waals surface area contributed by atoms with Crippen molar-refractivity contribution in [2.24, 2.45) is 7.05 Å². The molecule has 0 N–H and O–H groups in total. The number of halogens is 2. The second-order valence-corrected chi connectivity index (χ2v) is 8.58.